The van der Waals surface area contributed by atoms with Crippen molar-refractivity contribution in [2.24, 2.45) is 0 Å². The van der Waals surface area contributed by atoms with E-state index in [4.69, 9.17) is 4.74 Å². The van der Waals surface area contributed by atoms with Crippen molar-refractivity contribution in [1.29, 1.82) is 0 Å². The number of ether oxygens (including phenoxy) is 1. The molecule has 0 spiro atoms. The van der Waals surface area contributed by atoms with Crippen LogP contribution < -0.4 is 4.74 Å². The average molecular weight is 384 g/mol. The number of carbonyl (C=O) groups is 1. The summed E-state index contributed by atoms with van der Waals surface area (Å²) in [5.41, 5.74) is 0.497. The Bertz CT molecular complexity index is 910. The van der Waals surface area contributed by atoms with Crippen LogP contribution >= 0.6 is 11.3 Å². The number of thiophene rings is 1. The maximum absolute atomic E-state index is 13.1. The van der Waals surface area contributed by atoms with Crippen LogP contribution in [0.2, 0.25) is 0 Å². The summed E-state index contributed by atoms with van der Waals surface area (Å²) in [7, 11) is 0. The second kappa shape index (κ2) is 7.83. The van der Waals surface area contributed by atoms with Crippen molar-refractivity contribution in [3.8, 4) is 16.6 Å². The van der Waals surface area contributed by atoms with E-state index in [2.05, 4.69) is 20.4 Å². The van der Waals surface area contributed by atoms with Crippen LogP contribution in [-0.2, 0) is 6.54 Å². The molecule has 0 aliphatic carbocycles. The predicted octanol–water partition coefficient (Wildman–Crippen LogP) is 2.50. The summed E-state index contributed by atoms with van der Waals surface area (Å²) >= 11 is 1.58. The molecule has 9 heteroatoms. The lowest BCUT2D eigenvalue weighted by molar-refractivity contribution is 0.0712. The van der Waals surface area contributed by atoms with Gasteiger partial charge in [0.15, 0.2) is 0 Å². The van der Waals surface area contributed by atoms with Gasteiger partial charge < -0.3 is 9.64 Å². The summed E-state index contributed by atoms with van der Waals surface area (Å²) in [6, 6.07) is 7.47. The van der Waals surface area contributed by atoms with E-state index in [0.29, 0.717) is 37.0 Å². The van der Waals surface area contributed by atoms with Gasteiger partial charge in [-0.2, -0.15) is 4.80 Å². The second-order valence-corrected chi connectivity index (χ2v) is 7.18. The van der Waals surface area contributed by atoms with Crippen LogP contribution in [-0.4, -0.2) is 55.2 Å². The van der Waals surface area contributed by atoms with Gasteiger partial charge in [0.05, 0.1) is 24.1 Å². The highest BCUT2D eigenvalue weighted by Crippen LogP contribution is 2.25. The fourth-order valence-electron chi connectivity index (χ4n) is 3.27. The highest BCUT2D eigenvalue weighted by Gasteiger charge is 2.32. The normalized spacial score (nSPS) is 16.6. The predicted molar refractivity (Wildman–Crippen MR) is 101 cm³/mol. The number of tetrazole rings is 1. The molecular weight excluding hydrogens is 364 g/mol. The van der Waals surface area contributed by atoms with Gasteiger partial charge in [-0.05, 0) is 48.6 Å². The number of nitrogens with zero attached hydrogens (tertiary/aromatic N) is 6. The Morgan fingerprint density at radius 3 is 3.11 bits per heavy atom. The highest BCUT2D eigenvalue weighted by molar-refractivity contribution is 7.13. The molecule has 27 heavy (non-hydrogen) atoms. The van der Waals surface area contributed by atoms with Crippen molar-refractivity contribution in [3.05, 3.63) is 41.4 Å². The van der Waals surface area contributed by atoms with Gasteiger partial charge in [0.2, 0.25) is 11.7 Å². The van der Waals surface area contributed by atoms with Crippen LogP contribution in [0.15, 0.2) is 35.8 Å². The molecular formula is C18H20N6O2S. The van der Waals surface area contributed by atoms with E-state index in [0.717, 1.165) is 17.7 Å². The lowest BCUT2D eigenvalue weighted by Crippen LogP contribution is -2.38. The quantitative estimate of drug-likeness (QED) is 0.649. The van der Waals surface area contributed by atoms with Gasteiger partial charge in [0.1, 0.15) is 5.56 Å². The Morgan fingerprint density at radius 1 is 1.37 bits per heavy atom. The minimum absolute atomic E-state index is 0.0255. The number of hydrogen-bond acceptors (Lipinski definition) is 7. The summed E-state index contributed by atoms with van der Waals surface area (Å²) in [5.74, 6) is 0.939. The molecule has 140 valence electrons. The maximum atomic E-state index is 13.1. The third kappa shape index (κ3) is 3.68. The van der Waals surface area contributed by atoms with E-state index in [9.17, 15) is 4.79 Å². The van der Waals surface area contributed by atoms with Gasteiger partial charge in [0.25, 0.3) is 5.91 Å². The van der Waals surface area contributed by atoms with E-state index in [-0.39, 0.29) is 11.9 Å². The average Bonchev–Trinajstić information content (AvgIpc) is 3.44. The standard InChI is InChI=1S/C18H20N6O2S/c1-2-26-17-14(7-3-9-19-17)18(25)23-10-4-6-13(23)12-24-21-16(20-22-24)15-8-5-11-27-15/h3,5,7-9,11,13H,2,4,6,10,12H2,1H3/t13-/m1/s1. The molecule has 1 fully saturated rings. The molecule has 0 N–H and O–H groups in total. The lowest BCUT2D eigenvalue weighted by Gasteiger charge is -2.24. The second-order valence-electron chi connectivity index (χ2n) is 6.23. The van der Waals surface area contributed by atoms with Gasteiger partial charge in [-0.3, -0.25) is 4.79 Å². The first-order valence-electron chi connectivity index (χ1n) is 8.96. The number of likely N-dealkylation sites (tertiary alicyclic amines) is 1. The number of carbonyl (C=O) groups excluding carboxylic acids is 1. The van der Waals surface area contributed by atoms with Crippen molar-refractivity contribution >= 4 is 17.2 Å². The molecule has 4 rings (SSSR count). The maximum Gasteiger partial charge on any atom is 0.259 e. The highest BCUT2D eigenvalue weighted by atomic mass is 32.1. The van der Waals surface area contributed by atoms with Crippen molar-refractivity contribution in [3.63, 3.8) is 0 Å². The molecule has 1 saturated heterocycles. The molecule has 1 amide bonds. The third-order valence-electron chi connectivity index (χ3n) is 4.49. The minimum atomic E-state index is -0.0624. The Hall–Kier alpha value is -2.81. The molecule has 0 radical (unpaired) electrons. The zero-order valence-electron chi connectivity index (χ0n) is 15.0. The Kier molecular flexibility index (Phi) is 5.10. The van der Waals surface area contributed by atoms with E-state index >= 15 is 0 Å². The summed E-state index contributed by atoms with van der Waals surface area (Å²) < 4.78 is 5.52. The van der Waals surface area contributed by atoms with Gasteiger partial charge in [-0.25, -0.2) is 4.98 Å². The smallest absolute Gasteiger partial charge is 0.259 e. The summed E-state index contributed by atoms with van der Waals surface area (Å²) in [4.78, 5) is 21.7. The third-order valence-corrected chi connectivity index (χ3v) is 5.35. The molecule has 3 aromatic rings. The van der Waals surface area contributed by atoms with Gasteiger partial charge in [-0.15, -0.1) is 21.5 Å². The van der Waals surface area contributed by atoms with Crippen LogP contribution in [0.1, 0.15) is 30.1 Å². The van der Waals surface area contributed by atoms with Crippen molar-refractivity contribution in [1.82, 2.24) is 30.1 Å². The van der Waals surface area contributed by atoms with Gasteiger partial charge >= 0.3 is 0 Å². The van der Waals surface area contributed by atoms with Gasteiger partial charge in [0, 0.05) is 12.7 Å². The fraction of sp³-hybridized carbons (Fsp3) is 0.389. The number of amides is 1. The SMILES string of the molecule is CCOc1ncccc1C(=O)N1CCC[C@@H]1Cn1nnc(-c2cccs2)n1. The van der Waals surface area contributed by atoms with E-state index in [1.54, 1.807) is 34.5 Å². The van der Waals surface area contributed by atoms with Crippen LogP contribution in [0.3, 0.4) is 0 Å². The number of rotatable bonds is 6. The first kappa shape index (κ1) is 17.6. The molecule has 1 aliphatic heterocycles. The minimum Gasteiger partial charge on any atom is -0.477 e. The van der Waals surface area contributed by atoms with Crippen molar-refractivity contribution < 1.29 is 9.53 Å². The first-order chi connectivity index (χ1) is 13.3. The number of pyridine rings is 1. The van der Waals surface area contributed by atoms with E-state index < -0.39 is 0 Å². The molecule has 0 aromatic carbocycles. The first-order valence-corrected chi connectivity index (χ1v) is 9.84. The number of aromatic nitrogens is 5. The molecule has 8 nitrogen and oxygen atoms in total. The molecule has 0 unspecified atom stereocenters. The van der Waals surface area contributed by atoms with Crippen molar-refractivity contribution in [2.45, 2.75) is 32.4 Å². The topological polar surface area (TPSA) is 86.0 Å². The van der Waals surface area contributed by atoms with Crippen LogP contribution in [0.5, 0.6) is 5.88 Å². The monoisotopic (exact) mass is 384 g/mol. The molecule has 1 aliphatic rings. The molecule has 4 heterocycles. The largest absolute Gasteiger partial charge is 0.477 e. The van der Waals surface area contributed by atoms with Gasteiger partial charge in [-0.1, -0.05) is 6.07 Å². The van der Waals surface area contributed by atoms with Crippen molar-refractivity contribution in [2.75, 3.05) is 13.2 Å². The summed E-state index contributed by atoms with van der Waals surface area (Å²) in [5, 5.41) is 14.7. The molecule has 0 bridgehead atoms. The van der Waals surface area contributed by atoms with Crippen LogP contribution in [0, 0.1) is 0 Å². The zero-order valence-corrected chi connectivity index (χ0v) is 15.8. The van der Waals surface area contributed by atoms with E-state index in [1.165, 1.54) is 0 Å². The molecule has 1 atom stereocenters. The summed E-state index contributed by atoms with van der Waals surface area (Å²) in [6.07, 6.45) is 3.49. The Balaban J connectivity index is 1.50. The molecule has 0 saturated carbocycles. The van der Waals surface area contributed by atoms with Crippen LogP contribution in [0.4, 0.5) is 0 Å². The molecule has 3 aromatic heterocycles. The zero-order chi connectivity index (χ0) is 18.6. The fourth-order valence-corrected chi connectivity index (χ4v) is 3.91. The Labute approximate surface area is 160 Å². The van der Waals surface area contributed by atoms with E-state index in [1.807, 2.05) is 29.3 Å². The lowest BCUT2D eigenvalue weighted by atomic mass is 10.2. The summed E-state index contributed by atoms with van der Waals surface area (Å²) in [6.45, 7) is 3.57. The number of hydrogen-bond donors (Lipinski definition) is 0. The van der Waals surface area contributed by atoms with Crippen LogP contribution in [0.25, 0.3) is 10.7 Å². The Morgan fingerprint density at radius 2 is 2.30 bits per heavy atom.